The van der Waals surface area contributed by atoms with Crippen LogP contribution in [-0.4, -0.2) is 9.55 Å². The van der Waals surface area contributed by atoms with Crippen molar-refractivity contribution in [2.24, 2.45) is 0 Å². The van der Waals surface area contributed by atoms with Gasteiger partial charge in [-0.15, -0.1) is 0 Å². The Hall–Kier alpha value is -8.53. The summed E-state index contributed by atoms with van der Waals surface area (Å²) in [4.78, 5) is 7.03. The van der Waals surface area contributed by atoms with Crippen molar-refractivity contribution in [1.82, 2.24) is 9.55 Å². The largest absolute Gasteiger partial charge is 0.314 e. The Kier molecular flexibility index (Phi) is 8.99. The molecule has 0 fully saturated rings. The number of nitrogens with zero attached hydrogens (tertiary/aromatic N) is 3. The van der Waals surface area contributed by atoms with Crippen LogP contribution in [0.25, 0.3) is 98.4 Å². The number of anilines is 2. The van der Waals surface area contributed by atoms with Crippen LogP contribution in [0.15, 0.2) is 243 Å². The second-order valence-electron chi connectivity index (χ2n) is 17.5. The lowest BCUT2D eigenvalue weighted by Gasteiger charge is -2.31. The normalized spacial score (nSPS) is 12.9. The molecule has 0 atom stereocenters. The maximum Gasteiger partial charge on any atom is 0.0645 e. The number of hydrogen-bond donors (Lipinski definition) is 0. The smallest absolute Gasteiger partial charge is 0.0645 e. The fraction of sp³-hybridized carbons (Fsp3) is 0.0317. The Bertz CT molecular complexity index is 3930. The Morgan fingerprint density at radius 3 is 1.89 bits per heavy atom. The van der Waals surface area contributed by atoms with Crippen molar-refractivity contribution in [2.45, 2.75) is 12.8 Å². The van der Waals surface area contributed by atoms with Crippen molar-refractivity contribution in [2.75, 3.05) is 4.90 Å². The standard InChI is InChI=1S/C63H43N3/c1-2-14-45-37-46(27-26-42(45)13-1)43-28-32-50(33-29-43)65(51-34-30-44(31-35-51)59-39-47-15-3-5-20-54(47)56-22-7-8-23-57(56)59)52-18-11-17-49(38-52)62-55-21-6-4-16-48(55)40-61-63(62)58-24-9-10-25-60(58)66(61)53-19-12-36-64-41-53/h1-30,32-34,36-41H,31,35H2. The van der Waals surface area contributed by atoms with E-state index < -0.39 is 0 Å². The van der Waals surface area contributed by atoms with Crippen molar-refractivity contribution < 1.29 is 0 Å². The minimum absolute atomic E-state index is 0.890. The van der Waals surface area contributed by atoms with Gasteiger partial charge in [-0.25, -0.2) is 0 Å². The summed E-state index contributed by atoms with van der Waals surface area (Å²) < 4.78 is 2.37. The zero-order chi connectivity index (χ0) is 43.6. The molecule has 3 nitrogen and oxygen atoms in total. The molecule has 310 valence electrons. The van der Waals surface area contributed by atoms with E-state index in [4.69, 9.17) is 0 Å². The summed E-state index contributed by atoms with van der Waals surface area (Å²) in [5.41, 5.74) is 14.4. The molecule has 12 aromatic rings. The van der Waals surface area contributed by atoms with Crippen molar-refractivity contribution >= 4 is 81.8 Å². The molecule has 0 bridgehead atoms. The maximum absolute atomic E-state index is 4.55. The third-order valence-electron chi connectivity index (χ3n) is 13.7. The summed E-state index contributed by atoms with van der Waals surface area (Å²) in [7, 11) is 0. The average Bonchev–Trinajstić information content (AvgIpc) is 3.72. The van der Waals surface area contributed by atoms with Gasteiger partial charge in [0.05, 0.1) is 22.9 Å². The number of hydrogen-bond acceptors (Lipinski definition) is 2. The molecule has 1 aliphatic carbocycles. The maximum atomic E-state index is 4.55. The van der Waals surface area contributed by atoms with Gasteiger partial charge in [0.1, 0.15) is 0 Å². The second-order valence-corrected chi connectivity index (χ2v) is 17.5. The van der Waals surface area contributed by atoms with E-state index in [-0.39, 0.29) is 0 Å². The van der Waals surface area contributed by atoms with Gasteiger partial charge in [0.15, 0.2) is 0 Å². The first-order valence-corrected chi connectivity index (χ1v) is 22.9. The molecule has 0 spiro atoms. The van der Waals surface area contributed by atoms with Gasteiger partial charge in [-0.3, -0.25) is 4.98 Å². The third-order valence-corrected chi connectivity index (χ3v) is 13.7. The molecule has 0 N–H and O–H groups in total. The van der Waals surface area contributed by atoms with Crippen molar-refractivity contribution in [1.29, 1.82) is 0 Å². The molecular formula is C63H43N3. The van der Waals surface area contributed by atoms with Crippen LogP contribution >= 0.6 is 0 Å². The molecule has 3 heteroatoms. The van der Waals surface area contributed by atoms with Gasteiger partial charge < -0.3 is 9.47 Å². The molecule has 0 aliphatic heterocycles. The quantitative estimate of drug-likeness (QED) is 0.149. The predicted octanol–water partition coefficient (Wildman–Crippen LogP) is 17.0. The topological polar surface area (TPSA) is 21.1 Å². The Balaban J connectivity index is 0.991. The highest BCUT2D eigenvalue weighted by Gasteiger charge is 2.23. The molecule has 1 aliphatic rings. The first-order valence-electron chi connectivity index (χ1n) is 22.9. The molecule has 0 unspecified atom stereocenters. The summed E-state index contributed by atoms with van der Waals surface area (Å²) in [6.07, 6.45) is 10.4. The van der Waals surface area contributed by atoms with E-state index in [0.29, 0.717) is 0 Å². The van der Waals surface area contributed by atoms with Gasteiger partial charge >= 0.3 is 0 Å². The van der Waals surface area contributed by atoms with Crippen LogP contribution in [0.1, 0.15) is 18.4 Å². The van der Waals surface area contributed by atoms with Crippen LogP contribution < -0.4 is 4.90 Å². The third kappa shape index (κ3) is 6.31. The van der Waals surface area contributed by atoms with Crippen LogP contribution in [0.4, 0.5) is 11.4 Å². The molecular weight excluding hydrogens is 799 g/mol. The molecule has 0 radical (unpaired) electrons. The summed E-state index contributed by atoms with van der Waals surface area (Å²) in [5, 5.41) is 12.6. The Morgan fingerprint density at radius 1 is 0.409 bits per heavy atom. The van der Waals surface area contributed by atoms with Crippen LogP contribution in [0.3, 0.4) is 0 Å². The highest BCUT2D eigenvalue weighted by molar-refractivity contribution is 6.23. The average molecular weight is 842 g/mol. The van der Waals surface area contributed by atoms with Gasteiger partial charge in [0, 0.05) is 34.0 Å². The lowest BCUT2D eigenvalue weighted by atomic mass is 9.88. The fourth-order valence-electron chi connectivity index (χ4n) is 10.7. The number of aromatic nitrogens is 2. The number of rotatable bonds is 7. The van der Waals surface area contributed by atoms with Crippen LogP contribution in [0.2, 0.25) is 0 Å². The molecule has 10 aromatic carbocycles. The summed E-state index contributed by atoms with van der Waals surface area (Å²) in [6, 6.07) is 77.9. The van der Waals surface area contributed by atoms with Gasteiger partial charge in [-0.05, 0) is 156 Å². The lowest BCUT2D eigenvalue weighted by Crippen LogP contribution is -2.18. The van der Waals surface area contributed by atoms with E-state index in [1.807, 2.05) is 18.5 Å². The van der Waals surface area contributed by atoms with Crippen LogP contribution in [0.5, 0.6) is 0 Å². The Labute approximate surface area is 383 Å². The zero-order valence-corrected chi connectivity index (χ0v) is 36.3. The van der Waals surface area contributed by atoms with Gasteiger partial charge in [-0.1, -0.05) is 158 Å². The molecule has 0 amide bonds. The molecule has 2 heterocycles. The lowest BCUT2D eigenvalue weighted by molar-refractivity contribution is 0.931. The number of para-hydroxylation sites is 1. The van der Waals surface area contributed by atoms with E-state index in [1.54, 1.807) is 0 Å². The van der Waals surface area contributed by atoms with Gasteiger partial charge in [0.2, 0.25) is 0 Å². The molecule has 0 saturated carbocycles. The summed E-state index contributed by atoms with van der Waals surface area (Å²) in [5.74, 6) is 0. The van der Waals surface area contributed by atoms with Crippen molar-refractivity contribution in [3.05, 3.63) is 248 Å². The van der Waals surface area contributed by atoms with E-state index in [9.17, 15) is 0 Å². The van der Waals surface area contributed by atoms with Crippen molar-refractivity contribution in [3.63, 3.8) is 0 Å². The van der Waals surface area contributed by atoms with E-state index in [1.165, 1.54) is 98.5 Å². The second kappa shape index (κ2) is 15.6. The Morgan fingerprint density at radius 2 is 1.11 bits per heavy atom. The fourth-order valence-corrected chi connectivity index (χ4v) is 10.7. The molecule has 2 aromatic heterocycles. The van der Waals surface area contributed by atoms with Crippen molar-refractivity contribution in [3.8, 4) is 27.9 Å². The highest BCUT2D eigenvalue weighted by Crippen LogP contribution is 2.46. The summed E-state index contributed by atoms with van der Waals surface area (Å²) >= 11 is 0. The van der Waals surface area contributed by atoms with E-state index in [0.717, 1.165) is 35.4 Å². The molecule has 0 saturated heterocycles. The first-order chi connectivity index (χ1) is 32.7. The monoisotopic (exact) mass is 841 g/mol. The summed E-state index contributed by atoms with van der Waals surface area (Å²) in [6.45, 7) is 0. The van der Waals surface area contributed by atoms with Gasteiger partial charge in [0.25, 0.3) is 0 Å². The van der Waals surface area contributed by atoms with E-state index >= 15 is 0 Å². The zero-order valence-electron chi connectivity index (χ0n) is 36.3. The first kappa shape index (κ1) is 38.0. The minimum atomic E-state index is 0.890. The number of allylic oxidation sites excluding steroid dienone is 4. The number of pyridine rings is 1. The van der Waals surface area contributed by atoms with Gasteiger partial charge in [-0.2, -0.15) is 0 Å². The molecule has 66 heavy (non-hydrogen) atoms. The number of benzene rings is 10. The SMILES string of the molecule is C1=C(c2cc3ccccc3c3ccccc23)CCC(N(c2ccc(-c3ccc4ccccc4c3)cc2)c2cccc(-c3c4ccccc4cc4c3c3ccccc3n4-c3cccnc3)c2)=C1. The minimum Gasteiger partial charge on any atom is -0.314 e. The molecule has 13 rings (SSSR count). The number of fused-ring (bicyclic) bond motifs is 8. The van der Waals surface area contributed by atoms with Crippen LogP contribution in [0, 0.1) is 0 Å². The van der Waals surface area contributed by atoms with E-state index in [2.05, 4.69) is 233 Å². The van der Waals surface area contributed by atoms with Crippen LogP contribution in [-0.2, 0) is 0 Å². The highest BCUT2D eigenvalue weighted by atomic mass is 15.1. The predicted molar refractivity (Wildman–Crippen MR) is 280 cm³/mol.